The van der Waals surface area contributed by atoms with Gasteiger partial charge in [0.05, 0.1) is 18.3 Å². The molecule has 0 spiro atoms. The zero-order valence-corrected chi connectivity index (χ0v) is 13.1. The van der Waals surface area contributed by atoms with Gasteiger partial charge < -0.3 is 15.3 Å². The summed E-state index contributed by atoms with van der Waals surface area (Å²) in [6.07, 6.45) is 0.621. The normalized spacial score (nSPS) is 19.3. The zero-order valence-electron chi connectivity index (χ0n) is 12.3. The number of nitrogens with one attached hydrogen (secondary N) is 2. The van der Waals surface area contributed by atoms with E-state index in [1.54, 1.807) is 12.1 Å². The van der Waals surface area contributed by atoms with Gasteiger partial charge in [-0.05, 0) is 24.6 Å². The van der Waals surface area contributed by atoms with E-state index in [0.29, 0.717) is 12.1 Å². The van der Waals surface area contributed by atoms with E-state index >= 15 is 0 Å². The molecule has 0 amide bonds. The standard InChI is InChI=1S/C13H20N4O3S/c1-4-9(8-18)14-13-15-11-6-5-10(17(2)3)7-12(11)21(19,20)16-13/h5-7,9,18H,4,8H2,1-3H3,(H2,14,15,16). The van der Waals surface area contributed by atoms with Crippen molar-refractivity contribution in [2.45, 2.75) is 24.3 Å². The third-order valence-electron chi connectivity index (χ3n) is 3.25. The van der Waals surface area contributed by atoms with Gasteiger partial charge in [0.15, 0.2) is 0 Å². The van der Waals surface area contributed by atoms with Crippen molar-refractivity contribution < 1.29 is 13.5 Å². The number of fused-ring (bicyclic) bond motifs is 1. The molecule has 0 saturated heterocycles. The first-order chi connectivity index (χ1) is 9.87. The van der Waals surface area contributed by atoms with Crippen molar-refractivity contribution in [2.24, 2.45) is 4.99 Å². The maximum absolute atomic E-state index is 12.3. The van der Waals surface area contributed by atoms with Crippen molar-refractivity contribution in [1.82, 2.24) is 4.72 Å². The van der Waals surface area contributed by atoms with E-state index in [9.17, 15) is 8.42 Å². The lowest BCUT2D eigenvalue weighted by molar-refractivity contribution is 0.264. The molecular formula is C13H20N4O3S. The molecule has 1 aromatic rings. The predicted octanol–water partition coefficient (Wildman–Crippen LogP) is 0.583. The topological polar surface area (TPSA) is 94.0 Å². The quantitative estimate of drug-likeness (QED) is 0.756. The van der Waals surface area contributed by atoms with Crippen LogP contribution in [0.2, 0.25) is 0 Å². The van der Waals surface area contributed by atoms with Gasteiger partial charge in [-0.3, -0.25) is 0 Å². The minimum absolute atomic E-state index is 0.129. The molecule has 0 bridgehead atoms. The second-order valence-electron chi connectivity index (χ2n) is 5.03. The molecule has 1 aromatic carbocycles. The molecule has 0 aromatic heterocycles. The molecule has 0 fully saturated rings. The Kier molecular flexibility index (Phi) is 4.38. The molecule has 8 heteroatoms. The largest absolute Gasteiger partial charge is 0.394 e. The Morgan fingerprint density at radius 3 is 2.67 bits per heavy atom. The third kappa shape index (κ3) is 3.27. The number of anilines is 2. The fourth-order valence-electron chi connectivity index (χ4n) is 1.95. The number of guanidine groups is 1. The summed E-state index contributed by atoms with van der Waals surface area (Å²) in [5, 5.41) is 12.1. The SMILES string of the molecule is CCC(CO)N=C1Nc2ccc(N(C)C)cc2S(=O)(=O)N1. The van der Waals surface area contributed by atoms with Crippen LogP contribution in [0.1, 0.15) is 13.3 Å². The summed E-state index contributed by atoms with van der Waals surface area (Å²) in [7, 11) is 0.0296. The molecule has 1 heterocycles. The molecule has 1 unspecified atom stereocenters. The van der Waals surface area contributed by atoms with E-state index in [4.69, 9.17) is 5.11 Å². The minimum Gasteiger partial charge on any atom is -0.394 e. The van der Waals surface area contributed by atoms with E-state index in [1.165, 1.54) is 0 Å². The second-order valence-corrected chi connectivity index (χ2v) is 6.68. The van der Waals surface area contributed by atoms with Gasteiger partial charge in [0, 0.05) is 19.8 Å². The molecule has 0 radical (unpaired) electrons. The lowest BCUT2D eigenvalue weighted by Gasteiger charge is -2.24. The van der Waals surface area contributed by atoms with Gasteiger partial charge in [-0.1, -0.05) is 6.92 Å². The molecule has 3 N–H and O–H groups in total. The number of aliphatic hydroxyl groups excluding tert-OH is 1. The van der Waals surface area contributed by atoms with Crippen LogP contribution in [-0.4, -0.2) is 46.2 Å². The Morgan fingerprint density at radius 2 is 2.10 bits per heavy atom. The van der Waals surface area contributed by atoms with Gasteiger partial charge in [0.2, 0.25) is 5.96 Å². The maximum atomic E-state index is 12.3. The summed E-state index contributed by atoms with van der Waals surface area (Å²) < 4.78 is 27.0. The minimum atomic E-state index is -3.66. The number of benzene rings is 1. The lowest BCUT2D eigenvalue weighted by atomic mass is 10.2. The van der Waals surface area contributed by atoms with Crippen LogP contribution in [0, 0.1) is 0 Å². The van der Waals surface area contributed by atoms with Crippen LogP contribution in [0.25, 0.3) is 0 Å². The first-order valence-electron chi connectivity index (χ1n) is 6.67. The van der Waals surface area contributed by atoms with Gasteiger partial charge in [0.25, 0.3) is 10.0 Å². The summed E-state index contributed by atoms with van der Waals surface area (Å²) in [5.74, 6) is 0.140. The second kappa shape index (κ2) is 5.90. The Balaban J connectivity index is 2.42. The van der Waals surface area contributed by atoms with E-state index < -0.39 is 10.0 Å². The van der Waals surface area contributed by atoms with Crippen molar-refractivity contribution in [2.75, 3.05) is 30.9 Å². The number of sulfonamides is 1. The van der Waals surface area contributed by atoms with Crippen molar-refractivity contribution in [3.63, 3.8) is 0 Å². The highest BCUT2D eigenvalue weighted by atomic mass is 32.2. The highest BCUT2D eigenvalue weighted by molar-refractivity contribution is 7.90. The van der Waals surface area contributed by atoms with Crippen LogP contribution in [0.5, 0.6) is 0 Å². The van der Waals surface area contributed by atoms with Crippen LogP contribution in [0.4, 0.5) is 11.4 Å². The van der Waals surface area contributed by atoms with Crippen LogP contribution in [0.15, 0.2) is 28.1 Å². The molecule has 0 saturated carbocycles. The Bertz CT molecular complexity index is 651. The molecule has 21 heavy (non-hydrogen) atoms. The van der Waals surface area contributed by atoms with Crippen molar-refractivity contribution in [3.05, 3.63) is 18.2 Å². The van der Waals surface area contributed by atoms with Crippen LogP contribution in [0.3, 0.4) is 0 Å². The molecule has 7 nitrogen and oxygen atoms in total. The van der Waals surface area contributed by atoms with Gasteiger partial charge >= 0.3 is 0 Å². The Morgan fingerprint density at radius 1 is 1.38 bits per heavy atom. The first kappa shape index (κ1) is 15.6. The van der Waals surface area contributed by atoms with Crippen LogP contribution in [-0.2, 0) is 10.0 Å². The van der Waals surface area contributed by atoms with E-state index in [-0.39, 0.29) is 23.5 Å². The number of nitrogens with zero attached hydrogens (tertiary/aromatic N) is 2. The van der Waals surface area contributed by atoms with Gasteiger partial charge in [-0.2, -0.15) is 0 Å². The number of aliphatic imine (C=N–C) groups is 1. The fraction of sp³-hybridized carbons (Fsp3) is 0.462. The molecular weight excluding hydrogens is 292 g/mol. The monoisotopic (exact) mass is 312 g/mol. The first-order valence-corrected chi connectivity index (χ1v) is 8.15. The number of aliphatic hydroxyl groups is 1. The van der Waals surface area contributed by atoms with Crippen LogP contribution >= 0.6 is 0 Å². The van der Waals surface area contributed by atoms with Crippen molar-refractivity contribution in [1.29, 1.82) is 0 Å². The Hall–Kier alpha value is -1.80. The summed E-state index contributed by atoms with van der Waals surface area (Å²) in [5.41, 5.74) is 1.27. The molecule has 1 aliphatic rings. The van der Waals surface area contributed by atoms with Crippen LogP contribution < -0.4 is 14.9 Å². The molecule has 1 atom stereocenters. The summed E-state index contributed by atoms with van der Waals surface area (Å²) >= 11 is 0. The van der Waals surface area contributed by atoms with Crippen molar-refractivity contribution in [3.8, 4) is 0 Å². The van der Waals surface area contributed by atoms with E-state index in [1.807, 2.05) is 32.0 Å². The summed E-state index contributed by atoms with van der Waals surface area (Å²) in [4.78, 5) is 6.20. The number of hydrogen-bond donors (Lipinski definition) is 3. The van der Waals surface area contributed by atoms with Gasteiger partial charge in [-0.15, -0.1) is 0 Å². The van der Waals surface area contributed by atoms with Gasteiger partial charge in [0.1, 0.15) is 4.90 Å². The lowest BCUT2D eigenvalue weighted by Crippen LogP contribution is -2.41. The fourth-order valence-corrected chi connectivity index (χ4v) is 3.11. The van der Waals surface area contributed by atoms with Gasteiger partial charge in [-0.25, -0.2) is 18.1 Å². The average molecular weight is 312 g/mol. The zero-order chi connectivity index (χ0) is 15.6. The highest BCUT2D eigenvalue weighted by Crippen LogP contribution is 2.28. The maximum Gasteiger partial charge on any atom is 0.266 e. The van der Waals surface area contributed by atoms with E-state index in [0.717, 1.165) is 5.69 Å². The molecule has 0 aliphatic carbocycles. The Labute approximate surface area is 124 Å². The predicted molar refractivity (Wildman–Crippen MR) is 83.3 cm³/mol. The molecule has 1 aliphatic heterocycles. The van der Waals surface area contributed by atoms with E-state index in [2.05, 4.69) is 15.0 Å². The smallest absolute Gasteiger partial charge is 0.266 e. The summed E-state index contributed by atoms with van der Waals surface area (Å²) in [6.45, 7) is 1.75. The summed E-state index contributed by atoms with van der Waals surface area (Å²) in [6, 6.07) is 4.80. The number of rotatable bonds is 4. The average Bonchev–Trinajstić information content (AvgIpc) is 2.43. The van der Waals surface area contributed by atoms with Crippen molar-refractivity contribution >= 4 is 27.4 Å². The third-order valence-corrected chi connectivity index (χ3v) is 4.63. The highest BCUT2D eigenvalue weighted by Gasteiger charge is 2.27. The molecule has 116 valence electrons. The molecule has 2 rings (SSSR count). The number of hydrogen-bond acceptors (Lipinski definition) is 5.